The molecular weight excluding hydrogens is 1170 g/mol. The zero-order valence-corrected chi connectivity index (χ0v) is 53.2. The van der Waals surface area contributed by atoms with Gasteiger partial charge in [0.2, 0.25) is 0 Å². The fourth-order valence-electron chi connectivity index (χ4n) is 20.2. The Balaban J connectivity index is 0.808. The molecule has 4 heteroatoms. The van der Waals surface area contributed by atoms with Crippen molar-refractivity contribution in [1.29, 1.82) is 0 Å². The molecule has 4 nitrogen and oxygen atoms in total. The molecule has 6 aliphatic carbocycles. The van der Waals surface area contributed by atoms with Crippen LogP contribution in [0, 0.1) is 0 Å². The summed E-state index contributed by atoms with van der Waals surface area (Å²) in [7, 11) is 0. The summed E-state index contributed by atoms with van der Waals surface area (Å²) < 4.78 is 20.6. The quantitative estimate of drug-likeness (QED) is 0.177. The number of hydrogen-bond acceptors (Lipinski definition) is 4. The van der Waals surface area contributed by atoms with Crippen LogP contribution >= 0.6 is 0 Å². The lowest BCUT2D eigenvalue weighted by Crippen LogP contribution is -2.27. The highest BCUT2D eigenvalue weighted by atomic mass is 16.3. The zero-order chi connectivity index (χ0) is 63.0. The summed E-state index contributed by atoms with van der Waals surface area (Å²) in [5.74, 6) is 0. The maximum Gasteiger partial charge on any atom is 0.144 e. The van der Waals surface area contributed by atoms with Gasteiger partial charge in [0, 0.05) is 65.8 Å². The van der Waals surface area contributed by atoms with Crippen LogP contribution in [0.2, 0.25) is 0 Å². The number of para-hydroxylation sites is 3. The molecule has 2 spiro atoms. The van der Waals surface area contributed by atoms with Gasteiger partial charge >= 0.3 is 0 Å². The molecular formula is C92H57NO3. The number of rotatable bonds is 3. The Labute approximate surface area is 553 Å². The fraction of sp³-hybridized carbons (Fsp3) is 0.0870. The normalized spacial score (nSPS) is 15.6. The Hall–Kier alpha value is -11.7. The zero-order valence-electron chi connectivity index (χ0n) is 53.2. The lowest BCUT2D eigenvalue weighted by molar-refractivity contribution is 0.600. The molecule has 0 N–H and O–H groups in total. The molecule has 3 heterocycles. The highest BCUT2D eigenvalue weighted by Gasteiger charge is 2.57. The molecule has 0 aliphatic heterocycles. The molecule has 96 heavy (non-hydrogen) atoms. The average molecular weight is 1220 g/mol. The number of benzene rings is 14. The smallest absolute Gasteiger partial charge is 0.144 e. The summed E-state index contributed by atoms with van der Waals surface area (Å²) in [4.78, 5) is 2.54. The van der Waals surface area contributed by atoms with Gasteiger partial charge in [0.15, 0.2) is 0 Å². The molecule has 0 unspecified atom stereocenters. The number of hydrogen-bond donors (Lipinski definition) is 0. The van der Waals surface area contributed by atoms with E-state index >= 15 is 0 Å². The number of furan rings is 3. The van der Waals surface area contributed by atoms with Gasteiger partial charge in [-0.3, -0.25) is 0 Å². The molecule has 0 atom stereocenters. The Morgan fingerprint density at radius 3 is 1.30 bits per heavy atom. The second kappa shape index (κ2) is 17.3. The highest BCUT2D eigenvalue weighted by Crippen LogP contribution is 2.70. The molecule has 0 saturated carbocycles. The second-order valence-electron chi connectivity index (χ2n) is 28.8. The fourth-order valence-corrected chi connectivity index (χ4v) is 20.2. The lowest BCUT2D eigenvalue weighted by atomic mass is 9.68. The van der Waals surface area contributed by atoms with E-state index in [1.165, 1.54) is 144 Å². The van der Waals surface area contributed by atoms with Crippen molar-refractivity contribution in [3.05, 3.63) is 340 Å². The van der Waals surface area contributed by atoms with Crippen LogP contribution in [-0.4, -0.2) is 0 Å². The van der Waals surface area contributed by atoms with Gasteiger partial charge in [-0.1, -0.05) is 222 Å². The van der Waals surface area contributed by atoms with Crippen molar-refractivity contribution in [2.24, 2.45) is 0 Å². The molecule has 23 rings (SSSR count). The third kappa shape index (κ3) is 5.87. The molecule has 6 aliphatic rings. The van der Waals surface area contributed by atoms with Crippen LogP contribution in [0.1, 0.15) is 94.5 Å². The summed E-state index contributed by atoms with van der Waals surface area (Å²) in [5, 5.41) is 6.82. The maximum absolute atomic E-state index is 7.13. The third-order valence-electron chi connectivity index (χ3n) is 23.8. The Bertz CT molecular complexity index is 6400. The van der Waals surface area contributed by atoms with Crippen molar-refractivity contribution in [2.75, 3.05) is 4.90 Å². The van der Waals surface area contributed by atoms with E-state index in [2.05, 4.69) is 306 Å². The number of anilines is 3. The second-order valence-corrected chi connectivity index (χ2v) is 28.8. The summed E-state index contributed by atoms with van der Waals surface area (Å²) in [6.45, 7) is 9.78. The van der Waals surface area contributed by atoms with Crippen LogP contribution in [0.4, 0.5) is 17.1 Å². The first-order chi connectivity index (χ1) is 47.1. The highest BCUT2D eigenvalue weighted by molar-refractivity contribution is 6.22. The lowest BCUT2D eigenvalue weighted by Gasteiger charge is -2.33. The van der Waals surface area contributed by atoms with Crippen molar-refractivity contribution >= 4 is 82.9 Å². The molecule has 14 aromatic carbocycles. The molecule has 3 aromatic heterocycles. The van der Waals surface area contributed by atoms with Crippen LogP contribution in [0.15, 0.2) is 286 Å². The van der Waals surface area contributed by atoms with Gasteiger partial charge in [-0.25, -0.2) is 0 Å². The number of fused-ring (bicyclic) bond motifs is 39. The minimum absolute atomic E-state index is 0.286. The molecule has 0 fully saturated rings. The minimum Gasteiger partial charge on any atom is -0.456 e. The van der Waals surface area contributed by atoms with Crippen molar-refractivity contribution in [2.45, 2.75) is 49.4 Å². The topological polar surface area (TPSA) is 42.7 Å². The largest absolute Gasteiger partial charge is 0.456 e. The van der Waals surface area contributed by atoms with E-state index in [-0.39, 0.29) is 5.41 Å². The standard InChI is InChI=1S/C92H57NO3/c1-89(2)66-29-13-9-26-59(66)85-87(89)86-83(84-62-28-12-20-36-78(62)96-88(84)85)60-41-38-51(46-72(60)90(86,3)4)93(50-39-43-79-64(45-50)58-25-10-18-34-76(58)94-79)52-37-40-57-63-48-75-65(49-74(63)92(73(57)47-52)69-32-16-7-23-55(69)56-24-8-17-33-70(56)92)81-71(42-44-80-82(81)61-27-11-19-35-77(61)95-80)91(75)67-30-14-5-21-53(67)54-22-6-15-31-68(54)91/h5-49H,1-4H3. The first-order valence-electron chi connectivity index (χ1n) is 33.8. The van der Waals surface area contributed by atoms with E-state index in [0.717, 1.165) is 72.1 Å². The molecule has 0 radical (unpaired) electrons. The third-order valence-corrected chi connectivity index (χ3v) is 23.8. The van der Waals surface area contributed by atoms with Gasteiger partial charge in [-0.15, -0.1) is 0 Å². The van der Waals surface area contributed by atoms with Crippen molar-refractivity contribution in [3.63, 3.8) is 0 Å². The predicted octanol–water partition coefficient (Wildman–Crippen LogP) is 24.2. The van der Waals surface area contributed by atoms with E-state index in [0.29, 0.717) is 0 Å². The van der Waals surface area contributed by atoms with E-state index in [9.17, 15) is 0 Å². The van der Waals surface area contributed by atoms with Gasteiger partial charge in [0.25, 0.3) is 0 Å². The first-order valence-corrected chi connectivity index (χ1v) is 33.8. The molecule has 17 aromatic rings. The van der Waals surface area contributed by atoms with Crippen LogP contribution in [0.5, 0.6) is 0 Å². The summed E-state index contributed by atoms with van der Waals surface area (Å²) in [6.07, 6.45) is 0. The van der Waals surface area contributed by atoms with Gasteiger partial charge in [0.05, 0.1) is 10.8 Å². The van der Waals surface area contributed by atoms with Crippen molar-refractivity contribution in [3.8, 4) is 66.8 Å². The molecule has 448 valence electrons. The van der Waals surface area contributed by atoms with Gasteiger partial charge < -0.3 is 18.2 Å². The summed E-state index contributed by atoms with van der Waals surface area (Å²) in [5.41, 5.74) is 37.6. The average Bonchev–Trinajstić information content (AvgIpc) is 1.48. The molecule has 0 saturated heterocycles. The Kier molecular flexibility index (Phi) is 9.35. The van der Waals surface area contributed by atoms with Crippen LogP contribution in [0.3, 0.4) is 0 Å². The maximum atomic E-state index is 7.13. The minimum atomic E-state index is -0.710. The van der Waals surface area contributed by atoms with E-state index < -0.39 is 16.2 Å². The summed E-state index contributed by atoms with van der Waals surface area (Å²) >= 11 is 0. The molecule has 0 amide bonds. The van der Waals surface area contributed by atoms with Crippen LogP contribution < -0.4 is 4.90 Å². The van der Waals surface area contributed by atoms with Gasteiger partial charge in [0.1, 0.15) is 33.5 Å². The first kappa shape index (κ1) is 51.7. The molecule has 0 bridgehead atoms. The Morgan fingerprint density at radius 2 is 0.646 bits per heavy atom. The van der Waals surface area contributed by atoms with Crippen LogP contribution in [0.25, 0.3) is 133 Å². The van der Waals surface area contributed by atoms with Gasteiger partial charge in [-0.05, 0) is 207 Å². The van der Waals surface area contributed by atoms with Gasteiger partial charge in [-0.2, -0.15) is 0 Å². The number of nitrogens with zero attached hydrogens (tertiary/aromatic N) is 1. The van der Waals surface area contributed by atoms with E-state index in [4.69, 9.17) is 13.3 Å². The Morgan fingerprint density at radius 1 is 0.240 bits per heavy atom. The van der Waals surface area contributed by atoms with Crippen molar-refractivity contribution in [1.82, 2.24) is 0 Å². The monoisotopic (exact) mass is 1220 g/mol. The summed E-state index contributed by atoms with van der Waals surface area (Å²) in [6, 6.07) is 103. The van der Waals surface area contributed by atoms with E-state index in [1.54, 1.807) is 0 Å². The van der Waals surface area contributed by atoms with Crippen molar-refractivity contribution < 1.29 is 13.3 Å². The van der Waals surface area contributed by atoms with Crippen LogP contribution in [-0.2, 0) is 21.7 Å². The van der Waals surface area contributed by atoms with E-state index in [1.807, 2.05) is 0 Å². The SMILES string of the molecule is CC1(C)c2ccccc2-c2c1c1c(c3c2oc2ccccc23)-c2ccc(N(c3ccc4c(c3)C3(c5ccccc5-c5ccccc53)c3cc5c(cc3-4)C3(c4ccccc4-c4ccccc43)c3ccc4oc6ccccc6c4c3-5)c3ccc4oc5ccccc5c4c3)cc2C1(C)C. The predicted molar refractivity (Wildman–Crippen MR) is 391 cm³/mol.